The summed E-state index contributed by atoms with van der Waals surface area (Å²) in [5, 5.41) is 5.06. The lowest BCUT2D eigenvalue weighted by molar-refractivity contribution is -0.126. The number of nitrogens with one attached hydrogen (secondary N) is 1. The van der Waals surface area contributed by atoms with Gasteiger partial charge in [-0.15, -0.1) is 0 Å². The molecule has 1 fully saturated rings. The van der Waals surface area contributed by atoms with Crippen molar-refractivity contribution in [2.45, 2.75) is 17.7 Å². The number of ether oxygens (including phenoxy) is 1. The van der Waals surface area contributed by atoms with Crippen LogP contribution < -0.4 is 10.1 Å². The van der Waals surface area contributed by atoms with Gasteiger partial charge in [-0.2, -0.15) is 4.31 Å². The maximum absolute atomic E-state index is 13.1. The first-order valence-corrected chi connectivity index (χ1v) is 12.0. The van der Waals surface area contributed by atoms with E-state index in [0.29, 0.717) is 32.5 Å². The summed E-state index contributed by atoms with van der Waals surface area (Å²) in [5.74, 6) is -0.385. The van der Waals surface area contributed by atoms with E-state index in [9.17, 15) is 17.6 Å². The van der Waals surface area contributed by atoms with Crippen LogP contribution in [0.15, 0.2) is 71.6 Å². The molecule has 168 valence electrons. The smallest absolute Gasteiger partial charge is 0.243 e. The van der Waals surface area contributed by atoms with E-state index in [-0.39, 0.29) is 17.3 Å². The second kappa shape index (κ2) is 9.67. The zero-order valence-corrected chi connectivity index (χ0v) is 18.4. The number of sulfonamides is 1. The van der Waals surface area contributed by atoms with Gasteiger partial charge in [0.25, 0.3) is 0 Å². The molecule has 1 aliphatic rings. The summed E-state index contributed by atoms with van der Waals surface area (Å²) in [4.78, 5) is 12.6. The number of halogens is 1. The normalized spacial score (nSPS) is 17.2. The molecule has 32 heavy (non-hydrogen) atoms. The average molecular weight is 457 g/mol. The molecule has 1 atom stereocenters. The van der Waals surface area contributed by atoms with Crippen molar-refractivity contribution in [2.24, 2.45) is 5.92 Å². The van der Waals surface area contributed by atoms with Gasteiger partial charge in [-0.3, -0.25) is 4.79 Å². The summed E-state index contributed by atoms with van der Waals surface area (Å²) in [7, 11) is -3.76. The van der Waals surface area contributed by atoms with Crippen LogP contribution in [0.25, 0.3) is 10.8 Å². The van der Waals surface area contributed by atoms with Gasteiger partial charge < -0.3 is 10.1 Å². The highest BCUT2D eigenvalue weighted by molar-refractivity contribution is 7.89. The van der Waals surface area contributed by atoms with E-state index in [2.05, 4.69) is 5.32 Å². The van der Waals surface area contributed by atoms with E-state index in [1.807, 2.05) is 42.5 Å². The van der Waals surface area contributed by atoms with E-state index in [4.69, 9.17) is 4.74 Å². The largest absolute Gasteiger partial charge is 0.492 e. The van der Waals surface area contributed by atoms with Gasteiger partial charge >= 0.3 is 0 Å². The summed E-state index contributed by atoms with van der Waals surface area (Å²) in [6.07, 6.45) is 1.21. The minimum atomic E-state index is -3.76. The van der Waals surface area contributed by atoms with Crippen LogP contribution in [0.1, 0.15) is 12.8 Å². The lowest BCUT2D eigenvalue weighted by Gasteiger charge is -2.31. The van der Waals surface area contributed by atoms with Gasteiger partial charge in [0, 0.05) is 13.1 Å². The van der Waals surface area contributed by atoms with Crippen LogP contribution in [0.3, 0.4) is 0 Å². The van der Waals surface area contributed by atoms with E-state index in [1.54, 1.807) is 0 Å². The molecule has 1 amide bonds. The Bertz CT molecular complexity index is 1200. The second-order valence-electron chi connectivity index (χ2n) is 7.80. The van der Waals surface area contributed by atoms with Gasteiger partial charge in [0.15, 0.2) is 0 Å². The number of piperidine rings is 1. The molecule has 1 aliphatic heterocycles. The molecule has 0 unspecified atom stereocenters. The fourth-order valence-corrected chi connectivity index (χ4v) is 5.40. The Morgan fingerprint density at radius 1 is 1.06 bits per heavy atom. The highest BCUT2D eigenvalue weighted by atomic mass is 32.2. The highest BCUT2D eigenvalue weighted by Gasteiger charge is 2.33. The number of carbonyl (C=O) groups excluding carboxylic acids is 1. The Balaban J connectivity index is 1.28. The molecule has 3 aromatic carbocycles. The monoisotopic (exact) mass is 456 g/mol. The van der Waals surface area contributed by atoms with Crippen LogP contribution in [-0.4, -0.2) is 44.9 Å². The topological polar surface area (TPSA) is 75.7 Å². The number of rotatable bonds is 7. The first kappa shape index (κ1) is 22.2. The first-order chi connectivity index (χ1) is 15.4. The van der Waals surface area contributed by atoms with Gasteiger partial charge in [-0.25, -0.2) is 12.8 Å². The van der Waals surface area contributed by atoms with E-state index in [0.717, 1.165) is 28.7 Å². The Kier molecular flexibility index (Phi) is 6.72. The third-order valence-electron chi connectivity index (χ3n) is 5.60. The summed E-state index contributed by atoms with van der Waals surface area (Å²) >= 11 is 0. The van der Waals surface area contributed by atoms with Gasteiger partial charge in [0.2, 0.25) is 15.9 Å². The molecule has 6 nitrogen and oxygen atoms in total. The average Bonchev–Trinajstić information content (AvgIpc) is 2.82. The van der Waals surface area contributed by atoms with Crippen molar-refractivity contribution < 1.29 is 22.3 Å². The van der Waals surface area contributed by atoms with Crippen molar-refractivity contribution in [3.63, 3.8) is 0 Å². The SMILES string of the molecule is O=C(NCCOc1ccc2ccccc2c1)[C@H]1CCCN(S(=O)(=O)c2ccc(F)cc2)C1. The maximum atomic E-state index is 13.1. The van der Waals surface area contributed by atoms with Crippen molar-refractivity contribution in [2.75, 3.05) is 26.2 Å². The number of hydrogen-bond donors (Lipinski definition) is 1. The van der Waals surface area contributed by atoms with Gasteiger partial charge in [0.05, 0.1) is 17.4 Å². The second-order valence-corrected chi connectivity index (χ2v) is 9.74. The summed E-state index contributed by atoms with van der Waals surface area (Å²) in [6, 6.07) is 18.6. The lowest BCUT2D eigenvalue weighted by atomic mass is 9.99. The summed E-state index contributed by atoms with van der Waals surface area (Å²) in [6.45, 7) is 1.09. The number of benzene rings is 3. The molecule has 0 aromatic heterocycles. The third kappa shape index (κ3) is 5.08. The predicted molar refractivity (Wildman–Crippen MR) is 120 cm³/mol. The Morgan fingerprint density at radius 2 is 1.81 bits per heavy atom. The predicted octanol–water partition coefficient (Wildman–Crippen LogP) is 3.57. The Labute approximate surface area is 187 Å². The maximum Gasteiger partial charge on any atom is 0.243 e. The third-order valence-corrected chi connectivity index (χ3v) is 7.48. The zero-order valence-electron chi connectivity index (χ0n) is 17.5. The summed E-state index contributed by atoms with van der Waals surface area (Å²) < 4.78 is 45.8. The van der Waals surface area contributed by atoms with Crippen LogP contribution in [0.5, 0.6) is 5.75 Å². The molecular formula is C24H25FN2O4S. The van der Waals surface area contributed by atoms with Crippen molar-refractivity contribution >= 4 is 26.7 Å². The van der Waals surface area contributed by atoms with E-state index < -0.39 is 21.8 Å². The quantitative estimate of drug-likeness (QED) is 0.552. The van der Waals surface area contributed by atoms with E-state index in [1.165, 1.54) is 16.4 Å². The van der Waals surface area contributed by atoms with Crippen LogP contribution >= 0.6 is 0 Å². The molecule has 0 bridgehead atoms. The number of amides is 1. The van der Waals surface area contributed by atoms with Crippen molar-refractivity contribution in [1.29, 1.82) is 0 Å². The fourth-order valence-electron chi connectivity index (χ4n) is 3.88. The minimum Gasteiger partial charge on any atom is -0.492 e. The number of carbonyl (C=O) groups is 1. The van der Waals surface area contributed by atoms with Crippen LogP contribution in [-0.2, 0) is 14.8 Å². The lowest BCUT2D eigenvalue weighted by Crippen LogP contribution is -2.45. The van der Waals surface area contributed by atoms with Crippen molar-refractivity contribution in [3.05, 3.63) is 72.5 Å². The first-order valence-electron chi connectivity index (χ1n) is 10.6. The number of nitrogens with zero attached hydrogens (tertiary/aromatic N) is 1. The molecule has 1 heterocycles. The Morgan fingerprint density at radius 3 is 2.59 bits per heavy atom. The summed E-state index contributed by atoms with van der Waals surface area (Å²) in [5.41, 5.74) is 0. The molecule has 0 radical (unpaired) electrons. The molecule has 1 saturated heterocycles. The molecule has 0 saturated carbocycles. The van der Waals surface area contributed by atoms with Gasteiger partial charge in [-0.05, 0) is 60.0 Å². The van der Waals surface area contributed by atoms with E-state index >= 15 is 0 Å². The van der Waals surface area contributed by atoms with Crippen LogP contribution in [0.4, 0.5) is 4.39 Å². The molecule has 8 heteroatoms. The molecule has 0 aliphatic carbocycles. The fraction of sp³-hybridized carbons (Fsp3) is 0.292. The number of hydrogen-bond acceptors (Lipinski definition) is 4. The molecular weight excluding hydrogens is 431 g/mol. The molecule has 3 aromatic rings. The molecule has 4 rings (SSSR count). The minimum absolute atomic E-state index is 0.0312. The number of fused-ring (bicyclic) bond motifs is 1. The van der Waals surface area contributed by atoms with Crippen LogP contribution in [0.2, 0.25) is 0 Å². The standard InChI is InChI=1S/C24H25FN2O4S/c25-21-8-11-23(12-9-21)32(29,30)27-14-3-6-20(17-27)24(28)26-13-15-31-22-10-7-18-4-1-2-5-19(18)16-22/h1-2,4-5,7-12,16,20H,3,6,13-15,17H2,(H,26,28)/t20-/m0/s1. The highest BCUT2D eigenvalue weighted by Crippen LogP contribution is 2.24. The van der Waals surface area contributed by atoms with Crippen molar-refractivity contribution in [1.82, 2.24) is 9.62 Å². The molecule has 1 N–H and O–H groups in total. The van der Waals surface area contributed by atoms with Gasteiger partial charge in [-0.1, -0.05) is 30.3 Å². The van der Waals surface area contributed by atoms with Crippen molar-refractivity contribution in [3.8, 4) is 5.75 Å². The Hall–Kier alpha value is -2.97. The zero-order chi connectivity index (χ0) is 22.6. The molecule has 0 spiro atoms. The van der Waals surface area contributed by atoms with Gasteiger partial charge in [0.1, 0.15) is 18.2 Å². The van der Waals surface area contributed by atoms with Crippen LogP contribution in [0, 0.1) is 11.7 Å².